The average molecular weight is 343 g/mol. The van der Waals surface area contributed by atoms with Gasteiger partial charge in [0.25, 0.3) is 0 Å². The van der Waals surface area contributed by atoms with Crippen LogP contribution in [0.25, 0.3) is 22.3 Å². The molecule has 0 aliphatic carbocycles. The molecule has 0 fully saturated rings. The van der Waals surface area contributed by atoms with Gasteiger partial charge in [0.1, 0.15) is 0 Å². The monoisotopic (exact) mass is 342 g/mol. The minimum Gasteiger partial charge on any atom is -0.0622 e. The van der Waals surface area contributed by atoms with Gasteiger partial charge in [-0.25, -0.2) is 0 Å². The Morgan fingerprint density at radius 2 is 1.08 bits per heavy atom. The molecule has 3 aromatic carbocycles. The fourth-order valence-electron chi connectivity index (χ4n) is 3.38. The molecular weight excluding hydrogens is 312 g/mol. The Morgan fingerprint density at radius 3 is 1.62 bits per heavy atom. The zero-order valence-corrected chi connectivity index (χ0v) is 16.9. The Kier molecular flexibility index (Phi) is 4.80. The molecule has 134 valence electrons. The molecule has 0 amide bonds. The molecule has 0 bridgehead atoms. The van der Waals surface area contributed by atoms with E-state index in [4.69, 9.17) is 0 Å². The number of hydrogen-bond donors (Lipinski definition) is 0. The topological polar surface area (TPSA) is 0 Å². The van der Waals surface area contributed by atoms with Crippen LogP contribution in [0.2, 0.25) is 0 Å². The minimum absolute atomic E-state index is 0.0861. The molecule has 0 radical (unpaired) electrons. The van der Waals surface area contributed by atoms with E-state index in [0.29, 0.717) is 0 Å². The van der Waals surface area contributed by atoms with Gasteiger partial charge in [0, 0.05) is 0 Å². The lowest BCUT2D eigenvalue weighted by atomic mass is 9.79. The molecule has 0 nitrogen and oxygen atoms in total. The smallest absolute Gasteiger partial charge is 0.0125 e. The van der Waals surface area contributed by atoms with Crippen molar-refractivity contribution in [1.82, 2.24) is 0 Å². The van der Waals surface area contributed by atoms with Crippen molar-refractivity contribution in [2.45, 2.75) is 52.4 Å². The van der Waals surface area contributed by atoms with E-state index in [0.717, 1.165) is 0 Å². The van der Waals surface area contributed by atoms with Crippen molar-refractivity contribution < 1.29 is 0 Å². The summed E-state index contributed by atoms with van der Waals surface area (Å²) in [6, 6.07) is 26.6. The van der Waals surface area contributed by atoms with Crippen LogP contribution in [-0.2, 0) is 10.8 Å². The summed E-state index contributed by atoms with van der Waals surface area (Å²) in [6.07, 6.45) is 0. The Hall–Kier alpha value is -2.34. The first kappa shape index (κ1) is 18.5. The van der Waals surface area contributed by atoms with Crippen molar-refractivity contribution in [2.24, 2.45) is 0 Å². The van der Waals surface area contributed by atoms with Gasteiger partial charge >= 0.3 is 0 Å². The summed E-state index contributed by atoms with van der Waals surface area (Å²) in [5.74, 6) is 0. The van der Waals surface area contributed by atoms with Gasteiger partial charge in [-0.3, -0.25) is 0 Å². The number of benzene rings is 3. The maximum atomic E-state index is 2.36. The summed E-state index contributed by atoms with van der Waals surface area (Å²) in [7, 11) is 0. The van der Waals surface area contributed by atoms with Gasteiger partial charge in [-0.05, 0) is 44.2 Å². The molecule has 0 unspecified atom stereocenters. The van der Waals surface area contributed by atoms with Gasteiger partial charge in [0.2, 0.25) is 0 Å². The van der Waals surface area contributed by atoms with Crippen molar-refractivity contribution >= 4 is 0 Å². The van der Waals surface area contributed by atoms with Crippen LogP contribution in [0.4, 0.5) is 0 Å². The SMILES string of the molecule is CC(C)(C)c1ccc(-c2ccc(-c3ccccc3)cc2C(C)(C)C)cc1. The van der Waals surface area contributed by atoms with Gasteiger partial charge in [0.15, 0.2) is 0 Å². The summed E-state index contributed by atoms with van der Waals surface area (Å²) in [5, 5.41) is 0. The van der Waals surface area contributed by atoms with E-state index in [1.807, 2.05) is 0 Å². The predicted octanol–water partition coefficient (Wildman–Crippen LogP) is 7.62. The standard InChI is InChI=1S/C26H30/c1-25(2,3)22-15-12-20(13-16-22)23-17-14-21(18-24(23)26(4,5)6)19-10-8-7-9-11-19/h7-18H,1-6H3. The molecular formula is C26H30. The Labute approximate surface area is 158 Å². The van der Waals surface area contributed by atoms with E-state index < -0.39 is 0 Å². The second kappa shape index (κ2) is 6.76. The maximum absolute atomic E-state index is 2.36. The van der Waals surface area contributed by atoms with Crippen LogP contribution in [0, 0.1) is 0 Å². The molecule has 3 aromatic rings. The molecule has 0 spiro atoms. The van der Waals surface area contributed by atoms with Crippen LogP contribution >= 0.6 is 0 Å². The summed E-state index contributed by atoms with van der Waals surface area (Å²) < 4.78 is 0. The minimum atomic E-state index is 0.0861. The van der Waals surface area contributed by atoms with Crippen molar-refractivity contribution in [1.29, 1.82) is 0 Å². The molecule has 0 heteroatoms. The summed E-state index contributed by atoms with van der Waals surface area (Å²) >= 11 is 0. The highest BCUT2D eigenvalue weighted by atomic mass is 14.2. The fraction of sp³-hybridized carbons (Fsp3) is 0.308. The van der Waals surface area contributed by atoms with Gasteiger partial charge in [-0.1, -0.05) is 114 Å². The highest BCUT2D eigenvalue weighted by molar-refractivity contribution is 5.75. The first-order valence-corrected chi connectivity index (χ1v) is 9.47. The van der Waals surface area contributed by atoms with Gasteiger partial charge in [0.05, 0.1) is 0 Å². The normalized spacial score (nSPS) is 12.2. The van der Waals surface area contributed by atoms with Gasteiger partial charge in [-0.15, -0.1) is 0 Å². The van der Waals surface area contributed by atoms with Crippen LogP contribution in [0.5, 0.6) is 0 Å². The molecule has 0 N–H and O–H groups in total. The molecule has 0 saturated carbocycles. The lowest BCUT2D eigenvalue weighted by Crippen LogP contribution is -2.13. The second-order valence-electron chi connectivity index (χ2n) is 9.20. The summed E-state index contributed by atoms with van der Waals surface area (Å²) in [5.41, 5.74) is 8.21. The van der Waals surface area contributed by atoms with Crippen molar-refractivity contribution in [2.75, 3.05) is 0 Å². The summed E-state index contributed by atoms with van der Waals surface area (Å²) in [4.78, 5) is 0. The molecule has 0 saturated heterocycles. The van der Waals surface area contributed by atoms with Crippen molar-refractivity contribution in [3.63, 3.8) is 0 Å². The van der Waals surface area contributed by atoms with Crippen LogP contribution in [-0.4, -0.2) is 0 Å². The third-order valence-electron chi connectivity index (χ3n) is 5.00. The zero-order valence-electron chi connectivity index (χ0n) is 16.9. The third-order valence-corrected chi connectivity index (χ3v) is 5.00. The molecule has 26 heavy (non-hydrogen) atoms. The molecule has 0 heterocycles. The highest BCUT2D eigenvalue weighted by Crippen LogP contribution is 2.37. The first-order chi connectivity index (χ1) is 12.2. The van der Waals surface area contributed by atoms with E-state index in [9.17, 15) is 0 Å². The van der Waals surface area contributed by atoms with E-state index in [1.54, 1.807) is 0 Å². The predicted molar refractivity (Wildman–Crippen MR) is 115 cm³/mol. The molecule has 0 aliphatic heterocycles. The third kappa shape index (κ3) is 3.90. The fourth-order valence-corrected chi connectivity index (χ4v) is 3.38. The van der Waals surface area contributed by atoms with Crippen molar-refractivity contribution in [3.05, 3.63) is 83.9 Å². The molecule has 3 rings (SSSR count). The average Bonchev–Trinajstić information content (AvgIpc) is 2.61. The maximum Gasteiger partial charge on any atom is -0.0125 e. The number of rotatable bonds is 2. The lowest BCUT2D eigenvalue weighted by Gasteiger charge is -2.25. The van der Waals surface area contributed by atoms with Crippen molar-refractivity contribution in [3.8, 4) is 22.3 Å². The Morgan fingerprint density at radius 1 is 0.500 bits per heavy atom. The largest absolute Gasteiger partial charge is 0.0622 e. The second-order valence-corrected chi connectivity index (χ2v) is 9.20. The first-order valence-electron chi connectivity index (χ1n) is 9.47. The summed E-state index contributed by atoms with van der Waals surface area (Å²) in [6.45, 7) is 13.7. The Bertz CT molecular complexity index is 870. The lowest BCUT2D eigenvalue weighted by molar-refractivity contribution is 0.589. The number of hydrogen-bond acceptors (Lipinski definition) is 0. The van der Waals surface area contributed by atoms with Crippen LogP contribution < -0.4 is 0 Å². The van der Waals surface area contributed by atoms with Crippen LogP contribution in [0.1, 0.15) is 52.7 Å². The van der Waals surface area contributed by atoms with E-state index in [-0.39, 0.29) is 10.8 Å². The van der Waals surface area contributed by atoms with E-state index >= 15 is 0 Å². The van der Waals surface area contributed by atoms with E-state index in [2.05, 4.69) is 114 Å². The van der Waals surface area contributed by atoms with E-state index in [1.165, 1.54) is 33.4 Å². The molecule has 0 aliphatic rings. The quantitative estimate of drug-likeness (QED) is 0.449. The highest BCUT2D eigenvalue weighted by Gasteiger charge is 2.20. The Balaban J connectivity index is 2.10. The van der Waals surface area contributed by atoms with Crippen LogP contribution in [0.15, 0.2) is 72.8 Å². The molecule has 0 aromatic heterocycles. The molecule has 0 atom stereocenters. The van der Waals surface area contributed by atoms with Gasteiger partial charge in [-0.2, -0.15) is 0 Å². The zero-order chi connectivity index (χ0) is 18.9. The van der Waals surface area contributed by atoms with Gasteiger partial charge < -0.3 is 0 Å². The van der Waals surface area contributed by atoms with Crippen LogP contribution in [0.3, 0.4) is 0 Å².